The zero-order valence-corrected chi connectivity index (χ0v) is 10.1. The fraction of sp³-hybridized carbons (Fsp3) is 0.0769. The van der Waals surface area contributed by atoms with Crippen molar-refractivity contribution in [2.45, 2.75) is 6.10 Å². The minimum atomic E-state index is -1.43. The number of nitrogens with zero attached hydrogens (tertiary/aromatic N) is 1. The molecule has 2 N–H and O–H groups in total. The third-order valence-electron chi connectivity index (χ3n) is 2.44. The van der Waals surface area contributed by atoms with Gasteiger partial charge in [-0.15, -0.1) is 0 Å². The van der Waals surface area contributed by atoms with Crippen LogP contribution in [0.2, 0.25) is 0 Å². The smallest absolute Gasteiger partial charge is 0.359 e. The van der Waals surface area contributed by atoms with Gasteiger partial charge in [0.05, 0.1) is 0 Å². The second-order valence-corrected chi connectivity index (χ2v) is 3.84. The Kier molecular flexibility index (Phi) is 3.90. The Morgan fingerprint density at radius 2 is 1.85 bits per heavy atom. The molecule has 1 atom stereocenters. The first kappa shape index (κ1) is 13.5. The lowest BCUT2D eigenvalue weighted by atomic mass is 10.1. The van der Waals surface area contributed by atoms with Gasteiger partial charge >= 0.3 is 11.9 Å². The number of carbonyl (C=O) groups is 2. The molecule has 2 rings (SSSR count). The molecule has 1 aromatic heterocycles. The van der Waals surface area contributed by atoms with Gasteiger partial charge in [0, 0.05) is 11.6 Å². The summed E-state index contributed by atoms with van der Waals surface area (Å²) in [5.74, 6) is -2.23. The summed E-state index contributed by atoms with van der Waals surface area (Å²) < 4.78 is 4.90. The number of carbonyl (C=O) groups excluding carboxylic acids is 1. The number of carboxylic acid groups (broad SMARTS) is 1. The maximum Gasteiger partial charge on any atom is 0.359 e. The van der Waals surface area contributed by atoms with E-state index >= 15 is 0 Å². The van der Waals surface area contributed by atoms with Crippen LogP contribution in [0.25, 0.3) is 0 Å². The molecule has 7 heteroatoms. The zero-order chi connectivity index (χ0) is 14.5. The molecule has 1 heterocycles. The van der Waals surface area contributed by atoms with Crippen molar-refractivity contribution in [1.82, 2.24) is 10.2 Å². The molecule has 0 aliphatic heterocycles. The number of aromatic nitrogens is 2. The maximum atomic E-state index is 11.8. The van der Waals surface area contributed by atoms with E-state index in [1.165, 1.54) is 12.1 Å². The topological polar surface area (TPSA) is 109 Å². The van der Waals surface area contributed by atoms with Crippen molar-refractivity contribution in [2.24, 2.45) is 0 Å². The summed E-state index contributed by atoms with van der Waals surface area (Å²) in [5.41, 5.74) is -0.316. The number of aromatic amines is 1. The molecule has 2 aromatic rings. The van der Waals surface area contributed by atoms with E-state index in [1.54, 1.807) is 18.2 Å². The predicted molar refractivity (Wildman–Crippen MR) is 67.1 cm³/mol. The highest BCUT2D eigenvalue weighted by atomic mass is 16.6. The summed E-state index contributed by atoms with van der Waals surface area (Å²) in [6, 6.07) is 10.3. The van der Waals surface area contributed by atoms with Gasteiger partial charge in [-0.3, -0.25) is 4.79 Å². The number of ether oxygens (including phenoxy) is 1. The molecule has 1 aromatic carbocycles. The summed E-state index contributed by atoms with van der Waals surface area (Å²) in [6.45, 7) is 0. The van der Waals surface area contributed by atoms with Gasteiger partial charge in [0.25, 0.3) is 5.56 Å². The van der Waals surface area contributed by atoms with Crippen molar-refractivity contribution < 1.29 is 19.4 Å². The maximum absolute atomic E-state index is 11.8. The third-order valence-corrected chi connectivity index (χ3v) is 2.44. The lowest BCUT2D eigenvalue weighted by Gasteiger charge is -2.13. The largest absolute Gasteiger partial charge is 0.478 e. The highest BCUT2D eigenvalue weighted by molar-refractivity contribution is 5.89. The van der Waals surface area contributed by atoms with Crippen LogP contribution in [0.4, 0.5) is 0 Å². The number of hydrogen-bond donors (Lipinski definition) is 2. The number of H-pyrrole nitrogens is 1. The molecule has 0 radical (unpaired) electrons. The number of hydrogen-bond acceptors (Lipinski definition) is 5. The van der Waals surface area contributed by atoms with Crippen molar-refractivity contribution in [3.8, 4) is 0 Å². The Hall–Kier alpha value is -2.96. The second kappa shape index (κ2) is 5.79. The molecule has 0 amide bonds. The van der Waals surface area contributed by atoms with Crippen molar-refractivity contribution in [3.05, 3.63) is 64.1 Å². The SMILES string of the molecule is O=C(OC(C(=O)O)c1ccccc1)c1ccc(=O)[nH]n1. The van der Waals surface area contributed by atoms with E-state index in [0.29, 0.717) is 5.56 Å². The second-order valence-electron chi connectivity index (χ2n) is 3.84. The van der Waals surface area contributed by atoms with Gasteiger partial charge in [-0.25, -0.2) is 14.7 Å². The van der Waals surface area contributed by atoms with Crippen molar-refractivity contribution in [1.29, 1.82) is 0 Å². The van der Waals surface area contributed by atoms with Gasteiger partial charge < -0.3 is 9.84 Å². The Labute approximate surface area is 112 Å². The first-order valence-corrected chi connectivity index (χ1v) is 5.62. The normalized spacial score (nSPS) is 11.6. The van der Waals surface area contributed by atoms with Crippen LogP contribution in [-0.4, -0.2) is 27.2 Å². The van der Waals surface area contributed by atoms with E-state index in [-0.39, 0.29) is 5.69 Å². The number of carboxylic acids is 1. The van der Waals surface area contributed by atoms with Crippen LogP contribution >= 0.6 is 0 Å². The van der Waals surface area contributed by atoms with Gasteiger partial charge in [-0.2, -0.15) is 5.10 Å². The van der Waals surface area contributed by atoms with Crippen molar-refractivity contribution in [3.63, 3.8) is 0 Å². The fourth-order valence-electron chi connectivity index (χ4n) is 1.51. The van der Waals surface area contributed by atoms with Crippen LogP contribution in [0.5, 0.6) is 0 Å². The van der Waals surface area contributed by atoms with Gasteiger partial charge in [-0.1, -0.05) is 30.3 Å². The first-order chi connectivity index (χ1) is 9.58. The number of nitrogens with one attached hydrogen (secondary N) is 1. The van der Waals surface area contributed by atoms with E-state index < -0.39 is 23.6 Å². The Bertz CT molecular complexity index is 660. The quantitative estimate of drug-likeness (QED) is 0.796. The Morgan fingerprint density at radius 1 is 1.15 bits per heavy atom. The van der Waals surface area contributed by atoms with Gasteiger partial charge in [0.15, 0.2) is 5.69 Å². The Balaban J connectivity index is 2.21. The molecule has 7 nitrogen and oxygen atoms in total. The van der Waals surface area contributed by atoms with E-state index in [4.69, 9.17) is 9.84 Å². The van der Waals surface area contributed by atoms with E-state index in [9.17, 15) is 14.4 Å². The molecule has 0 aliphatic rings. The number of rotatable bonds is 4. The molecular weight excluding hydrogens is 264 g/mol. The summed E-state index contributed by atoms with van der Waals surface area (Å²) in [5, 5.41) is 14.7. The van der Waals surface area contributed by atoms with Crippen LogP contribution in [0, 0.1) is 0 Å². The van der Waals surface area contributed by atoms with Crippen LogP contribution in [0.1, 0.15) is 22.2 Å². The molecule has 1 unspecified atom stereocenters. The Morgan fingerprint density at radius 3 is 2.40 bits per heavy atom. The molecule has 0 spiro atoms. The van der Waals surface area contributed by atoms with Crippen molar-refractivity contribution >= 4 is 11.9 Å². The molecule has 0 aliphatic carbocycles. The van der Waals surface area contributed by atoms with Gasteiger partial charge in [0.1, 0.15) is 0 Å². The molecular formula is C13H10N2O5. The summed E-state index contributed by atoms with van der Waals surface area (Å²) in [4.78, 5) is 33.8. The average Bonchev–Trinajstić information content (AvgIpc) is 2.46. The molecule has 0 saturated heterocycles. The molecule has 0 fully saturated rings. The predicted octanol–water partition coefficient (Wildman–Crippen LogP) is 0.753. The molecule has 0 saturated carbocycles. The van der Waals surface area contributed by atoms with Crippen LogP contribution in [0.15, 0.2) is 47.3 Å². The lowest BCUT2D eigenvalue weighted by Crippen LogP contribution is -2.21. The van der Waals surface area contributed by atoms with Crippen LogP contribution < -0.4 is 5.56 Å². The highest BCUT2D eigenvalue weighted by Gasteiger charge is 2.25. The minimum absolute atomic E-state index is 0.174. The molecule has 0 bridgehead atoms. The summed E-state index contributed by atoms with van der Waals surface area (Å²) in [7, 11) is 0. The zero-order valence-electron chi connectivity index (χ0n) is 10.1. The van der Waals surface area contributed by atoms with Crippen LogP contribution in [-0.2, 0) is 9.53 Å². The average molecular weight is 274 g/mol. The lowest BCUT2D eigenvalue weighted by molar-refractivity contribution is -0.147. The van der Waals surface area contributed by atoms with E-state index in [0.717, 1.165) is 12.1 Å². The number of benzene rings is 1. The van der Waals surface area contributed by atoms with Crippen molar-refractivity contribution in [2.75, 3.05) is 0 Å². The third kappa shape index (κ3) is 3.08. The van der Waals surface area contributed by atoms with E-state index in [1.807, 2.05) is 0 Å². The van der Waals surface area contributed by atoms with Crippen LogP contribution in [0.3, 0.4) is 0 Å². The monoisotopic (exact) mass is 274 g/mol. The highest BCUT2D eigenvalue weighted by Crippen LogP contribution is 2.18. The number of esters is 1. The summed E-state index contributed by atoms with van der Waals surface area (Å²) >= 11 is 0. The summed E-state index contributed by atoms with van der Waals surface area (Å²) in [6.07, 6.45) is -1.43. The standard InChI is InChI=1S/C13H10N2O5/c16-10-7-6-9(14-15-10)13(19)20-11(12(17)18)8-4-2-1-3-5-8/h1-7,11H,(H,15,16)(H,17,18). The number of aliphatic carboxylic acids is 1. The van der Waals surface area contributed by atoms with Gasteiger partial charge in [0.2, 0.25) is 6.10 Å². The van der Waals surface area contributed by atoms with E-state index in [2.05, 4.69) is 10.2 Å². The fourth-order valence-corrected chi connectivity index (χ4v) is 1.51. The molecule has 20 heavy (non-hydrogen) atoms. The first-order valence-electron chi connectivity index (χ1n) is 5.62. The van der Waals surface area contributed by atoms with Gasteiger partial charge in [-0.05, 0) is 6.07 Å². The molecule has 102 valence electrons. The minimum Gasteiger partial charge on any atom is -0.478 e.